The first-order valence-corrected chi connectivity index (χ1v) is 7.52. The first kappa shape index (κ1) is 13.1. The van der Waals surface area contributed by atoms with E-state index in [1.54, 1.807) is 18.4 Å². The lowest BCUT2D eigenvalue weighted by Crippen LogP contribution is -2.40. The fourth-order valence-electron chi connectivity index (χ4n) is 2.11. The van der Waals surface area contributed by atoms with Gasteiger partial charge in [0.1, 0.15) is 5.75 Å². The van der Waals surface area contributed by atoms with Crippen LogP contribution in [-0.2, 0) is 0 Å². The molecular formula is C15H14N2OS2. The van der Waals surface area contributed by atoms with Gasteiger partial charge in [-0.1, -0.05) is 6.07 Å². The molecule has 0 spiro atoms. The number of ether oxygens (including phenoxy) is 1. The van der Waals surface area contributed by atoms with E-state index in [4.69, 9.17) is 17.0 Å². The molecule has 3 rings (SSSR count). The Balaban J connectivity index is 1.92. The summed E-state index contributed by atoms with van der Waals surface area (Å²) in [6, 6.07) is 12.2. The molecule has 1 aromatic heterocycles. The third kappa shape index (κ3) is 2.69. The average molecular weight is 302 g/mol. The molecule has 5 heteroatoms. The summed E-state index contributed by atoms with van der Waals surface area (Å²) in [6.45, 7) is 0. The Morgan fingerprint density at radius 3 is 2.65 bits per heavy atom. The topological polar surface area (TPSA) is 33.3 Å². The van der Waals surface area contributed by atoms with Crippen LogP contribution in [0, 0.1) is 0 Å². The van der Waals surface area contributed by atoms with Gasteiger partial charge in [-0.3, -0.25) is 0 Å². The molecule has 2 aromatic rings. The predicted octanol–water partition coefficient (Wildman–Crippen LogP) is 3.32. The summed E-state index contributed by atoms with van der Waals surface area (Å²) in [5, 5.41) is 9.20. The van der Waals surface area contributed by atoms with Gasteiger partial charge in [-0.2, -0.15) is 0 Å². The van der Waals surface area contributed by atoms with Crippen molar-refractivity contribution < 1.29 is 4.74 Å². The molecule has 2 heterocycles. The highest BCUT2D eigenvalue weighted by Crippen LogP contribution is 2.27. The summed E-state index contributed by atoms with van der Waals surface area (Å²) in [5.74, 6) is 0.848. The van der Waals surface area contributed by atoms with Crippen LogP contribution in [0.4, 0.5) is 0 Å². The van der Waals surface area contributed by atoms with Gasteiger partial charge in [0, 0.05) is 10.6 Å². The highest BCUT2D eigenvalue weighted by Gasteiger charge is 2.18. The second kappa shape index (κ2) is 5.64. The van der Waals surface area contributed by atoms with Crippen LogP contribution in [0.3, 0.4) is 0 Å². The Labute approximate surface area is 127 Å². The van der Waals surface area contributed by atoms with Crippen molar-refractivity contribution in [1.82, 2.24) is 10.6 Å². The number of rotatable bonds is 3. The zero-order valence-corrected chi connectivity index (χ0v) is 12.6. The molecule has 0 bridgehead atoms. The lowest BCUT2D eigenvalue weighted by atomic mass is 10.1. The normalized spacial score (nSPS) is 17.9. The minimum Gasteiger partial charge on any atom is -0.497 e. The maximum atomic E-state index is 5.30. The Morgan fingerprint density at radius 1 is 1.20 bits per heavy atom. The molecule has 102 valence electrons. The van der Waals surface area contributed by atoms with E-state index in [2.05, 4.69) is 28.2 Å². The fraction of sp³-hybridized carbons (Fsp3) is 0.133. The van der Waals surface area contributed by atoms with Crippen LogP contribution in [0.25, 0.3) is 5.70 Å². The van der Waals surface area contributed by atoms with Crippen molar-refractivity contribution in [3.8, 4) is 5.75 Å². The van der Waals surface area contributed by atoms with Crippen molar-refractivity contribution in [2.24, 2.45) is 0 Å². The van der Waals surface area contributed by atoms with E-state index < -0.39 is 0 Å². The number of thiophene rings is 1. The largest absolute Gasteiger partial charge is 0.497 e. The maximum absolute atomic E-state index is 5.30. The second-order valence-corrected chi connectivity index (χ2v) is 5.79. The molecule has 1 atom stereocenters. The van der Waals surface area contributed by atoms with Gasteiger partial charge in [-0.05, 0) is 59.6 Å². The lowest BCUT2D eigenvalue weighted by molar-refractivity contribution is 0.415. The highest BCUT2D eigenvalue weighted by molar-refractivity contribution is 7.80. The first-order chi connectivity index (χ1) is 9.76. The van der Waals surface area contributed by atoms with E-state index in [1.165, 1.54) is 4.88 Å². The summed E-state index contributed by atoms with van der Waals surface area (Å²) >= 11 is 7.02. The van der Waals surface area contributed by atoms with Crippen LogP contribution in [-0.4, -0.2) is 12.2 Å². The number of benzene rings is 1. The quantitative estimate of drug-likeness (QED) is 0.852. The second-order valence-electron chi connectivity index (χ2n) is 4.40. The van der Waals surface area contributed by atoms with Crippen molar-refractivity contribution in [3.05, 3.63) is 58.3 Å². The Kier molecular flexibility index (Phi) is 3.71. The molecule has 20 heavy (non-hydrogen) atoms. The van der Waals surface area contributed by atoms with E-state index >= 15 is 0 Å². The molecule has 1 aliphatic heterocycles. The Hall–Kier alpha value is -1.85. The number of hydrogen-bond acceptors (Lipinski definition) is 3. The molecule has 0 saturated heterocycles. The number of hydrogen-bond donors (Lipinski definition) is 2. The molecule has 1 aliphatic rings. The minimum atomic E-state index is 0.126. The van der Waals surface area contributed by atoms with Gasteiger partial charge >= 0.3 is 0 Å². The molecule has 2 N–H and O–H groups in total. The average Bonchev–Trinajstić information content (AvgIpc) is 3.01. The number of thiocarbonyl (C=S) groups is 1. The summed E-state index contributed by atoms with van der Waals surface area (Å²) in [7, 11) is 1.67. The van der Waals surface area contributed by atoms with Crippen LogP contribution in [0.15, 0.2) is 47.9 Å². The zero-order valence-electron chi connectivity index (χ0n) is 10.9. The summed E-state index contributed by atoms with van der Waals surface area (Å²) in [5.41, 5.74) is 2.12. The zero-order chi connectivity index (χ0) is 13.9. The summed E-state index contributed by atoms with van der Waals surface area (Å²) in [4.78, 5) is 1.25. The Morgan fingerprint density at radius 2 is 2.00 bits per heavy atom. The first-order valence-electron chi connectivity index (χ1n) is 6.23. The van der Waals surface area contributed by atoms with Gasteiger partial charge in [0.25, 0.3) is 0 Å². The molecule has 0 radical (unpaired) electrons. The highest BCUT2D eigenvalue weighted by atomic mass is 32.1. The van der Waals surface area contributed by atoms with Gasteiger partial charge in [0.2, 0.25) is 0 Å². The number of methoxy groups -OCH3 is 1. The van der Waals surface area contributed by atoms with Crippen molar-refractivity contribution in [2.45, 2.75) is 6.04 Å². The van der Waals surface area contributed by atoms with Crippen molar-refractivity contribution >= 4 is 34.4 Å². The van der Waals surface area contributed by atoms with E-state index in [9.17, 15) is 0 Å². The fourth-order valence-corrected chi connectivity index (χ4v) is 3.09. The van der Waals surface area contributed by atoms with E-state index in [1.807, 2.05) is 30.3 Å². The van der Waals surface area contributed by atoms with Crippen LogP contribution in [0.5, 0.6) is 5.75 Å². The van der Waals surface area contributed by atoms with Gasteiger partial charge in [-0.15, -0.1) is 11.3 Å². The molecular weight excluding hydrogens is 288 g/mol. The number of nitrogens with one attached hydrogen (secondary N) is 2. The molecule has 0 fully saturated rings. The predicted molar refractivity (Wildman–Crippen MR) is 86.9 cm³/mol. The van der Waals surface area contributed by atoms with Gasteiger partial charge in [0.15, 0.2) is 5.11 Å². The molecule has 1 aromatic carbocycles. The van der Waals surface area contributed by atoms with E-state index in [0.29, 0.717) is 5.11 Å². The standard InChI is InChI=1S/C15H14N2OS2/c1-18-11-6-4-10(5-7-11)12-9-13(17-15(19)16-12)14-3-2-8-20-14/h2-9,13H,1H3,(H2,16,17,19)/t13-/m0/s1. The molecule has 3 nitrogen and oxygen atoms in total. The SMILES string of the molecule is COc1ccc(C2=C[C@@H](c3cccs3)NC(=S)N2)cc1. The van der Waals surface area contributed by atoms with Gasteiger partial charge in [-0.25, -0.2) is 0 Å². The van der Waals surface area contributed by atoms with Gasteiger partial charge in [0.05, 0.1) is 13.2 Å². The van der Waals surface area contributed by atoms with Crippen LogP contribution in [0.1, 0.15) is 16.5 Å². The smallest absolute Gasteiger partial charge is 0.171 e. The third-order valence-electron chi connectivity index (χ3n) is 3.12. The monoisotopic (exact) mass is 302 g/mol. The van der Waals surface area contributed by atoms with Crippen molar-refractivity contribution in [1.29, 1.82) is 0 Å². The van der Waals surface area contributed by atoms with Crippen molar-refractivity contribution in [3.63, 3.8) is 0 Å². The van der Waals surface area contributed by atoms with Crippen LogP contribution >= 0.6 is 23.6 Å². The maximum Gasteiger partial charge on any atom is 0.171 e. The third-order valence-corrected chi connectivity index (χ3v) is 4.29. The molecule has 0 unspecified atom stereocenters. The van der Waals surface area contributed by atoms with E-state index in [-0.39, 0.29) is 6.04 Å². The van der Waals surface area contributed by atoms with Crippen molar-refractivity contribution in [2.75, 3.05) is 7.11 Å². The van der Waals surface area contributed by atoms with E-state index in [0.717, 1.165) is 17.0 Å². The van der Waals surface area contributed by atoms with Crippen LogP contribution < -0.4 is 15.4 Å². The molecule has 0 amide bonds. The lowest BCUT2D eigenvalue weighted by Gasteiger charge is -2.25. The minimum absolute atomic E-state index is 0.126. The summed E-state index contributed by atoms with van der Waals surface area (Å²) in [6.07, 6.45) is 2.16. The molecule has 0 aliphatic carbocycles. The Bertz CT molecular complexity index is 632. The summed E-state index contributed by atoms with van der Waals surface area (Å²) < 4.78 is 5.18. The molecule has 0 saturated carbocycles. The van der Waals surface area contributed by atoms with Crippen LogP contribution in [0.2, 0.25) is 0 Å². The van der Waals surface area contributed by atoms with Gasteiger partial charge < -0.3 is 15.4 Å².